The zero-order valence-electron chi connectivity index (χ0n) is 34.0. The lowest BCUT2D eigenvalue weighted by Crippen LogP contribution is -2.30. The highest BCUT2D eigenvalue weighted by Crippen LogP contribution is 2.55. The number of hydrogen-bond donors (Lipinski definition) is 0. The van der Waals surface area contributed by atoms with Crippen LogP contribution in [0.5, 0.6) is 11.5 Å². The van der Waals surface area contributed by atoms with Crippen molar-refractivity contribution in [2.75, 3.05) is 23.0 Å². The van der Waals surface area contributed by atoms with Gasteiger partial charge in [0.15, 0.2) is 0 Å². The van der Waals surface area contributed by atoms with Crippen LogP contribution in [0.4, 0.5) is 17.1 Å². The monoisotopic (exact) mass is 796 g/mol. The largest absolute Gasteiger partial charge is 0.457 e. The van der Waals surface area contributed by atoms with Crippen LogP contribution in [0.2, 0.25) is 0 Å². The maximum Gasteiger partial charge on any atom is 0.137 e. The summed E-state index contributed by atoms with van der Waals surface area (Å²) in [5, 5.41) is 2.37. The van der Waals surface area contributed by atoms with Crippen LogP contribution in [0.15, 0.2) is 186 Å². The molecule has 2 aliphatic heterocycles. The molecule has 6 heteroatoms. The number of benzene rings is 7. The topological polar surface area (TPSA) is 33.5 Å². The smallest absolute Gasteiger partial charge is 0.137 e. The average molecular weight is 797 g/mol. The molecule has 2 aliphatic rings. The normalized spacial score (nSPS) is 13.2. The van der Waals surface area contributed by atoms with E-state index in [4.69, 9.17) is 9.72 Å². The van der Waals surface area contributed by atoms with Crippen molar-refractivity contribution in [2.24, 2.45) is 0 Å². The molecule has 292 valence electrons. The molecule has 0 saturated heterocycles. The number of pyridine rings is 1. The SMILES string of the molecule is CC(C)(C)c1ccnc(-n2c3ccccc3c3ccc(Oc4ccc5c(c4)N4CN(CCc6c(-c7ccccc7)cccc6-c6ccccc6)c6cccc(c64)S5)cc32)c1. The van der Waals surface area contributed by atoms with Crippen molar-refractivity contribution in [3.63, 3.8) is 0 Å². The van der Waals surface area contributed by atoms with Crippen LogP contribution in [-0.4, -0.2) is 22.8 Å². The number of hydrogen-bond acceptors (Lipinski definition) is 5. The van der Waals surface area contributed by atoms with Gasteiger partial charge in [0.25, 0.3) is 0 Å². The van der Waals surface area contributed by atoms with E-state index in [0.29, 0.717) is 0 Å². The second-order valence-electron chi connectivity index (χ2n) is 16.8. The van der Waals surface area contributed by atoms with Crippen LogP contribution in [0.3, 0.4) is 0 Å². The number of fused-ring (bicyclic) bond motifs is 5. The molecule has 0 atom stereocenters. The Morgan fingerprint density at radius 1 is 0.600 bits per heavy atom. The molecule has 4 heterocycles. The van der Waals surface area contributed by atoms with E-state index >= 15 is 0 Å². The molecule has 0 bridgehead atoms. The minimum absolute atomic E-state index is 0.00278. The Morgan fingerprint density at radius 3 is 2.05 bits per heavy atom. The lowest BCUT2D eigenvalue weighted by Gasteiger charge is -2.29. The van der Waals surface area contributed by atoms with E-state index < -0.39 is 0 Å². The Kier molecular flexibility index (Phi) is 8.78. The molecule has 0 fully saturated rings. The number of aromatic nitrogens is 2. The standard InChI is InChI=1S/C54H44N4OS/c1-54(2,3)38-28-30-55-52(32-38)58-46-21-11-10-18-44(46)45-26-24-39(33-48(45)58)59-40-25-27-50-49(34-40)57-35-56(47-22-13-23-51(60-50)53(47)57)31-29-43-41(36-14-6-4-7-15-36)19-12-20-42(43)37-16-8-5-9-17-37/h4-28,30,32-34H,29,31,35H2,1-3H3. The zero-order chi connectivity index (χ0) is 40.4. The molecule has 60 heavy (non-hydrogen) atoms. The van der Waals surface area contributed by atoms with Crippen LogP contribution in [0.1, 0.15) is 31.9 Å². The molecule has 0 N–H and O–H groups in total. The predicted octanol–water partition coefficient (Wildman–Crippen LogP) is 14.2. The highest BCUT2D eigenvalue weighted by atomic mass is 32.2. The summed E-state index contributed by atoms with van der Waals surface area (Å²) in [4.78, 5) is 12.4. The molecule has 7 aromatic carbocycles. The lowest BCUT2D eigenvalue weighted by molar-refractivity contribution is 0.483. The van der Waals surface area contributed by atoms with E-state index in [1.807, 2.05) is 18.0 Å². The first-order valence-corrected chi connectivity index (χ1v) is 21.6. The number of anilines is 3. The third-order valence-corrected chi connectivity index (χ3v) is 13.2. The fourth-order valence-corrected chi connectivity index (χ4v) is 10.2. The van der Waals surface area contributed by atoms with Crippen molar-refractivity contribution >= 4 is 50.6 Å². The molecule has 0 unspecified atom stereocenters. The van der Waals surface area contributed by atoms with E-state index in [0.717, 1.165) is 48.0 Å². The maximum atomic E-state index is 6.77. The third kappa shape index (κ3) is 6.30. The lowest BCUT2D eigenvalue weighted by atomic mass is 9.88. The van der Waals surface area contributed by atoms with Crippen LogP contribution in [0.25, 0.3) is 49.9 Å². The Hall–Kier alpha value is -6.76. The van der Waals surface area contributed by atoms with Crippen molar-refractivity contribution in [3.05, 3.63) is 187 Å². The summed E-state index contributed by atoms with van der Waals surface area (Å²) in [6.07, 6.45) is 2.84. The maximum absolute atomic E-state index is 6.77. The molecule has 0 aliphatic carbocycles. The van der Waals surface area contributed by atoms with Gasteiger partial charge in [-0.3, -0.25) is 4.57 Å². The predicted molar refractivity (Wildman–Crippen MR) is 250 cm³/mol. The number of rotatable bonds is 8. The molecule has 5 nitrogen and oxygen atoms in total. The Morgan fingerprint density at radius 2 is 1.28 bits per heavy atom. The fraction of sp³-hybridized carbons (Fsp3) is 0.130. The molecule has 0 amide bonds. The summed E-state index contributed by atoms with van der Waals surface area (Å²) in [5.41, 5.74) is 13.6. The van der Waals surface area contributed by atoms with Crippen LogP contribution >= 0.6 is 11.8 Å². The highest BCUT2D eigenvalue weighted by molar-refractivity contribution is 7.99. The minimum atomic E-state index is 0.00278. The van der Waals surface area contributed by atoms with Crippen molar-refractivity contribution in [2.45, 2.75) is 42.4 Å². The summed E-state index contributed by atoms with van der Waals surface area (Å²) in [5.74, 6) is 2.51. The van der Waals surface area contributed by atoms with E-state index in [1.165, 1.54) is 71.0 Å². The number of nitrogens with zero attached hydrogens (tertiary/aromatic N) is 4. The van der Waals surface area contributed by atoms with Gasteiger partial charge < -0.3 is 14.5 Å². The Balaban J connectivity index is 0.918. The van der Waals surface area contributed by atoms with Crippen LogP contribution in [0, 0.1) is 0 Å². The first-order valence-electron chi connectivity index (χ1n) is 20.8. The fourth-order valence-electron chi connectivity index (χ4n) is 9.08. The van der Waals surface area contributed by atoms with E-state index in [9.17, 15) is 0 Å². The van der Waals surface area contributed by atoms with Gasteiger partial charge in [-0.1, -0.05) is 136 Å². The van der Waals surface area contributed by atoms with Gasteiger partial charge in [-0.05, 0) is 99.8 Å². The van der Waals surface area contributed by atoms with Crippen molar-refractivity contribution in [1.29, 1.82) is 0 Å². The van der Waals surface area contributed by atoms with Gasteiger partial charge in [0.05, 0.1) is 34.8 Å². The molecular formula is C54H44N4OS. The molecule has 0 saturated carbocycles. The second-order valence-corrected chi connectivity index (χ2v) is 17.9. The summed E-state index contributed by atoms with van der Waals surface area (Å²) in [7, 11) is 0. The Labute approximate surface area is 355 Å². The van der Waals surface area contributed by atoms with Gasteiger partial charge in [0.2, 0.25) is 0 Å². The summed E-state index contributed by atoms with van der Waals surface area (Å²) < 4.78 is 9.05. The highest BCUT2D eigenvalue weighted by Gasteiger charge is 2.34. The van der Waals surface area contributed by atoms with Gasteiger partial charge in [0, 0.05) is 45.4 Å². The third-order valence-electron chi connectivity index (χ3n) is 12.0. The van der Waals surface area contributed by atoms with Gasteiger partial charge in [-0.15, -0.1) is 0 Å². The van der Waals surface area contributed by atoms with E-state index in [2.05, 4.69) is 205 Å². The van der Waals surface area contributed by atoms with Gasteiger partial charge in [-0.2, -0.15) is 0 Å². The molecule has 0 spiro atoms. The quantitative estimate of drug-likeness (QED) is 0.153. The first kappa shape index (κ1) is 36.3. The van der Waals surface area contributed by atoms with E-state index in [1.54, 1.807) is 0 Å². The van der Waals surface area contributed by atoms with Crippen LogP contribution in [-0.2, 0) is 11.8 Å². The second kappa shape index (κ2) is 14.5. The van der Waals surface area contributed by atoms with Gasteiger partial charge in [-0.25, -0.2) is 4.98 Å². The summed E-state index contributed by atoms with van der Waals surface area (Å²) in [6, 6.07) is 61.0. The number of para-hydroxylation sites is 2. The summed E-state index contributed by atoms with van der Waals surface area (Å²) >= 11 is 1.84. The zero-order valence-corrected chi connectivity index (χ0v) is 34.8. The summed E-state index contributed by atoms with van der Waals surface area (Å²) in [6.45, 7) is 8.38. The van der Waals surface area contributed by atoms with E-state index in [-0.39, 0.29) is 5.41 Å². The van der Waals surface area contributed by atoms with Gasteiger partial charge in [0.1, 0.15) is 17.3 Å². The van der Waals surface area contributed by atoms with Crippen LogP contribution < -0.4 is 14.5 Å². The Bertz CT molecular complexity index is 3020. The molecule has 9 aromatic rings. The minimum Gasteiger partial charge on any atom is -0.457 e. The molecule has 11 rings (SSSR count). The van der Waals surface area contributed by atoms with Crippen molar-refractivity contribution < 1.29 is 4.74 Å². The van der Waals surface area contributed by atoms with Crippen molar-refractivity contribution in [1.82, 2.24) is 9.55 Å². The van der Waals surface area contributed by atoms with Crippen molar-refractivity contribution in [3.8, 4) is 39.6 Å². The first-order chi connectivity index (χ1) is 29.4. The molecule has 0 radical (unpaired) electrons. The molecule has 2 aromatic heterocycles. The van der Waals surface area contributed by atoms with Gasteiger partial charge >= 0.3 is 0 Å². The average Bonchev–Trinajstić information content (AvgIpc) is 3.82. The number of ether oxygens (including phenoxy) is 1. The molecular weight excluding hydrogens is 753 g/mol.